The van der Waals surface area contributed by atoms with Crippen molar-refractivity contribution in [2.75, 3.05) is 0 Å². The van der Waals surface area contributed by atoms with Crippen molar-refractivity contribution < 1.29 is 0 Å². The summed E-state index contributed by atoms with van der Waals surface area (Å²) >= 11 is 0. The molecule has 0 aliphatic heterocycles. The van der Waals surface area contributed by atoms with Gasteiger partial charge in [-0.25, -0.2) is 0 Å². The van der Waals surface area contributed by atoms with Crippen LogP contribution in [0.4, 0.5) is 0 Å². The molecule has 2 rings (SSSR count). The average Bonchev–Trinajstić information content (AvgIpc) is 2.41. The number of aryl methyl sites for hydroxylation is 2. The highest BCUT2D eigenvalue weighted by molar-refractivity contribution is 5.63. The first kappa shape index (κ1) is 12.6. The van der Waals surface area contributed by atoms with Gasteiger partial charge in [-0.1, -0.05) is 66.2 Å². The van der Waals surface area contributed by atoms with Crippen LogP contribution in [-0.2, 0) is 6.42 Å². The lowest BCUT2D eigenvalue weighted by Crippen LogP contribution is -1.84. The Morgan fingerprint density at radius 1 is 0.833 bits per heavy atom. The van der Waals surface area contributed by atoms with E-state index in [-0.39, 0.29) is 0 Å². The lowest BCUT2D eigenvalue weighted by molar-refractivity contribution is 1.000. The predicted molar refractivity (Wildman–Crippen MR) is 79.8 cm³/mol. The molecule has 0 fully saturated rings. The summed E-state index contributed by atoms with van der Waals surface area (Å²) in [5.41, 5.74) is 5.30. The number of rotatable bonds is 4. The Morgan fingerprint density at radius 2 is 1.39 bits per heavy atom. The van der Waals surface area contributed by atoms with E-state index in [4.69, 9.17) is 0 Å². The van der Waals surface area contributed by atoms with Gasteiger partial charge >= 0.3 is 0 Å². The van der Waals surface area contributed by atoms with E-state index in [1.807, 2.05) is 0 Å². The van der Waals surface area contributed by atoms with Gasteiger partial charge in [-0.05, 0) is 43.4 Å². The van der Waals surface area contributed by atoms with E-state index in [0.717, 1.165) is 12.8 Å². The van der Waals surface area contributed by atoms with E-state index in [2.05, 4.69) is 74.5 Å². The summed E-state index contributed by atoms with van der Waals surface area (Å²) in [5.74, 6) is 0. The molecule has 0 spiro atoms. The van der Waals surface area contributed by atoms with E-state index >= 15 is 0 Å². The quantitative estimate of drug-likeness (QED) is 0.642. The Balaban J connectivity index is 2.09. The maximum atomic E-state index is 2.23. The fourth-order valence-electron chi connectivity index (χ4n) is 2.03. The SMILES string of the molecule is C/C=C/CCc1ccc(-c2ccc(C)cc2)cc1. The van der Waals surface area contributed by atoms with Gasteiger partial charge in [-0.2, -0.15) is 0 Å². The third-order valence-corrected chi connectivity index (χ3v) is 3.17. The summed E-state index contributed by atoms with van der Waals surface area (Å²) < 4.78 is 0. The average molecular weight is 236 g/mol. The van der Waals surface area contributed by atoms with E-state index in [9.17, 15) is 0 Å². The molecule has 0 amide bonds. The second kappa shape index (κ2) is 6.20. The number of hydrogen-bond donors (Lipinski definition) is 0. The Labute approximate surface area is 110 Å². The van der Waals surface area contributed by atoms with Crippen molar-refractivity contribution in [3.05, 3.63) is 71.8 Å². The predicted octanol–water partition coefficient (Wildman–Crippen LogP) is 5.17. The summed E-state index contributed by atoms with van der Waals surface area (Å²) in [6, 6.07) is 17.6. The van der Waals surface area contributed by atoms with Gasteiger partial charge in [0.15, 0.2) is 0 Å². The molecule has 0 aliphatic rings. The monoisotopic (exact) mass is 236 g/mol. The summed E-state index contributed by atoms with van der Waals surface area (Å²) in [7, 11) is 0. The van der Waals surface area contributed by atoms with Crippen molar-refractivity contribution in [2.45, 2.75) is 26.7 Å². The minimum atomic E-state index is 1.12. The fraction of sp³-hybridized carbons (Fsp3) is 0.222. The van der Waals surface area contributed by atoms with Crippen molar-refractivity contribution in [3.63, 3.8) is 0 Å². The van der Waals surface area contributed by atoms with Crippen LogP contribution in [-0.4, -0.2) is 0 Å². The molecule has 0 aromatic heterocycles. The highest BCUT2D eigenvalue weighted by Crippen LogP contribution is 2.20. The van der Waals surface area contributed by atoms with Crippen LogP contribution < -0.4 is 0 Å². The summed E-state index contributed by atoms with van der Waals surface area (Å²) in [4.78, 5) is 0. The van der Waals surface area contributed by atoms with E-state index in [1.54, 1.807) is 0 Å². The zero-order chi connectivity index (χ0) is 12.8. The topological polar surface area (TPSA) is 0 Å². The molecule has 0 heteroatoms. The third kappa shape index (κ3) is 3.33. The molecule has 0 saturated heterocycles. The number of benzene rings is 2. The normalized spacial score (nSPS) is 11.0. The molecule has 2 aromatic rings. The van der Waals surface area contributed by atoms with Crippen LogP contribution in [0.2, 0.25) is 0 Å². The van der Waals surface area contributed by atoms with Crippen molar-refractivity contribution in [3.8, 4) is 11.1 Å². The lowest BCUT2D eigenvalue weighted by atomic mass is 10.0. The molecule has 0 heterocycles. The fourth-order valence-corrected chi connectivity index (χ4v) is 2.03. The van der Waals surface area contributed by atoms with Crippen LogP contribution in [0.25, 0.3) is 11.1 Å². The van der Waals surface area contributed by atoms with Crippen LogP contribution in [0.1, 0.15) is 24.5 Å². The Bertz CT molecular complexity index is 501. The van der Waals surface area contributed by atoms with Gasteiger partial charge in [0.1, 0.15) is 0 Å². The van der Waals surface area contributed by atoms with Gasteiger partial charge in [0, 0.05) is 0 Å². The smallest absolute Gasteiger partial charge is 0.0184 e. The van der Waals surface area contributed by atoms with Crippen LogP contribution in [0.5, 0.6) is 0 Å². The van der Waals surface area contributed by atoms with Gasteiger partial charge in [-0.3, -0.25) is 0 Å². The first-order valence-electron chi connectivity index (χ1n) is 6.57. The highest BCUT2D eigenvalue weighted by atomic mass is 14.0. The largest absolute Gasteiger partial charge is 0.0917 e. The molecule has 0 saturated carbocycles. The molecule has 0 unspecified atom stereocenters. The van der Waals surface area contributed by atoms with Crippen molar-refractivity contribution in [2.24, 2.45) is 0 Å². The molecule has 92 valence electrons. The zero-order valence-corrected chi connectivity index (χ0v) is 11.2. The Kier molecular flexibility index (Phi) is 4.35. The van der Waals surface area contributed by atoms with Gasteiger partial charge in [0.05, 0.1) is 0 Å². The molecule has 0 aliphatic carbocycles. The van der Waals surface area contributed by atoms with Crippen molar-refractivity contribution in [1.29, 1.82) is 0 Å². The minimum absolute atomic E-state index is 1.12. The second-order valence-corrected chi connectivity index (χ2v) is 4.67. The molecular weight excluding hydrogens is 216 g/mol. The van der Waals surface area contributed by atoms with Crippen molar-refractivity contribution >= 4 is 0 Å². The standard InChI is InChI=1S/C18H20/c1-3-4-5-6-16-9-13-18(14-10-16)17-11-7-15(2)8-12-17/h3-4,7-14H,5-6H2,1-2H3/b4-3+. The molecule has 0 bridgehead atoms. The van der Waals surface area contributed by atoms with Crippen LogP contribution in [0.15, 0.2) is 60.7 Å². The van der Waals surface area contributed by atoms with Gasteiger partial charge < -0.3 is 0 Å². The Hall–Kier alpha value is -1.82. The van der Waals surface area contributed by atoms with E-state index in [0.29, 0.717) is 0 Å². The summed E-state index contributed by atoms with van der Waals surface area (Å²) in [6.07, 6.45) is 6.58. The van der Waals surface area contributed by atoms with E-state index in [1.165, 1.54) is 22.3 Å². The summed E-state index contributed by atoms with van der Waals surface area (Å²) in [6.45, 7) is 4.19. The first-order valence-corrected chi connectivity index (χ1v) is 6.57. The minimum Gasteiger partial charge on any atom is -0.0917 e. The molecule has 0 nitrogen and oxygen atoms in total. The molecule has 2 aromatic carbocycles. The lowest BCUT2D eigenvalue weighted by Gasteiger charge is -2.04. The first-order chi connectivity index (χ1) is 8.79. The van der Waals surface area contributed by atoms with Crippen molar-refractivity contribution in [1.82, 2.24) is 0 Å². The molecule has 0 N–H and O–H groups in total. The molecule has 0 radical (unpaired) electrons. The van der Waals surface area contributed by atoms with Crippen LogP contribution in [0.3, 0.4) is 0 Å². The van der Waals surface area contributed by atoms with Crippen LogP contribution in [0, 0.1) is 6.92 Å². The van der Waals surface area contributed by atoms with Gasteiger partial charge in [-0.15, -0.1) is 0 Å². The molecular formula is C18H20. The maximum Gasteiger partial charge on any atom is -0.0184 e. The zero-order valence-electron chi connectivity index (χ0n) is 11.2. The molecule has 0 atom stereocenters. The van der Waals surface area contributed by atoms with Gasteiger partial charge in [0.2, 0.25) is 0 Å². The third-order valence-electron chi connectivity index (χ3n) is 3.17. The second-order valence-electron chi connectivity index (χ2n) is 4.67. The number of hydrogen-bond acceptors (Lipinski definition) is 0. The highest BCUT2D eigenvalue weighted by Gasteiger charge is 1.97. The summed E-state index contributed by atoms with van der Waals surface area (Å²) in [5, 5.41) is 0. The van der Waals surface area contributed by atoms with Gasteiger partial charge in [0.25, 0.3) is 0 Å². The van der Waals surface area contributed by atoms with Crippen LogP contribution >= 0.6 is 0 Å². The number of allylic oxidation sites excluding steroid dienone is 2. The Morgan fingerprint density at radius 3 is 1.94 bits per heavy atom. The molecule has 18 heavy (non-hydrogen) atoms. The maximum absolute atomic E-state index is 2.23. The van der Waals surface area contributed by atoms with E-state index < -0.39 is 0 Å².